The first-order valence-electron chi connectivity index (χ1n) is 19.9. The van der Waals surface area contributed by atoms with Crippen LogP contribution >= 0.6 is 0 Å². The Morgan fingerprint density at radius 3 is 1.84 bits per heavy atom. The smallest absolute Gasteiger partial charge is 0.220 e. The van der Waals surface area contributed by atoms with E-state index < -0.39 is 49.5 Å². The molecule has 0 aromatic heterocycles. The molecule has 0 aliphatic carbocycles. The van der Waals surface area contributed by atoms with Crippen LogP contribution in [0.4, 0.5) is 0 Å². The van der Waals surface area contributed by atoms with E-state index in [1.807, 2.05) is 6.08 Å². The fourth-order valence-corrected chi connectivity index (χ4v) is 5.85. The zero-order valence-corrected chi connectivity index (χ0v) is 31.4. The predicted octanol–water partition coefficient (Wildman–Crippen LogP) is 7.11. The molecule has 0 aromatic carbocycles. The SMILES string of the molecule is CCCCC/C=C\C/C=C\CCCCCCCCCC(=O)NC(COC1OC(CO)C(O)C(O)C1O)C(O)/C=C/CC/C=C/CCCCCC. The average Bonchev–Trinajstić information content (AvgIpc) is 3.11. The van der Waals surface area contributed by atoms with Crippen LogP contribution in [0, 0.1) is 0 Å². The first-order chi connectivity index (χ1) is 24.3. The van der Waals surface area contributed by atoms with Gasteiger partial charge in [-0.1, -0.05) is 127 Å². The van der Waals surface area contributed by atoms with Crippen molar-refractivity contribution in [2.24, 2.45) is 0 Å². The number of allylic oxidation sites excluding steroid dienone is 7. The number of aliphatic hydroxyl groups is 5. The van der Waals surface area contributed by atoms with Crippen LogP contribution in [0.5, 0.6) is 0 Å². The molecule has 9 nitrogen and oxygen atoms in total. The molecule has 1 amide bonds. The van der Waals surface area contributed by atoms with E-state index in [0.29, 0.717) is 6.42 Å². The number of carbonyl (C=O) groups excluding carboxylic acids is 1. The Morgan fingerprint density at radius 1 is 0.680 bits per heavy atom. The zero-order chi connectivity index (χ0) is 36.7. The summed E-state index contributed by atoms with van der Waals surface area (Å²) >= 11 is 0. The number of nitrogens with one attached hydrogen (secondary N) is 1. The Bertz CT molecular complexity index is 920. The summed E-state index contributed by atoms with van der Waals surface area (Å²) in [5, 5.41) is 53.8. The van der Waals surface area contributed by atoms with E-state index in [-0.39, 0.29) is 12.5 Å². The van der Waals surface area contributed by atoms with Gasteiger partial charge in [0, 0.05) is 6.42 Å². The zero-order valence-electron chi connectivity index (χ0n) is 31.4. The standard InChI is InChI=1S/C41H73NO8/c1-3-5-7-9-11-13-15-16-17-18-19-20-21-23-25-27-29-31-37(45)42-34(33-49-41-40(48)39(47)38(46)36(32-43)50-41)35(44)30-28-26-24-22-14-12-10-8-6-4-2/h11,13-14,16-17,22,28,30,34-36,38-41,43-44,46-48H,3-10,12,15,18-21,23-27,29,31-33H2,1-2H3,(H,42,45)/b13-11-,17-16-,22-14+,30-28+. The summed E-state index contributed by atoms with van der Waals surface area (Å²) < 4.78 is 11.1. The maximum Gasteiger partial charge on any atom is 0.220 e. The summed E-state index contributed by atoms with van der Waals surface area (Å²) in [6.45, 7) is 3.66. The third-order valence-corrected chi connectivity index (χ3v) is 9.13. The number of unbranched alkanes of at least 4 members (excludes halogenated alkanes) is 15. The molecule has 1 fully saturated rings. The third-order valence-electron chi connectivity index (χ3n) is 9.13. The maximum absolute atomic E-state index is 12.9. The number of rotatable bonds is 31. The monoisotopic (exact) mass is 708 g/mol. The summed E-state index contributed by atoms with van der Waals surface area (Å²) in [5.74, 6) is -0.201. The van der Waals surface area contributed by atoms with Gasteiger partial charge in [0.2, 0.25) is 5.91 Å². The van der Waals surface area contributed by atoms with Gasteiger partial charge >= 0.3 is 0 Å². The first-order valence-corrected chi connectivity index (χ1v) is 19.9. The van der Waals surface area contributed by atoms with Crippen LogP contribution in [0.25, 0.3) is 0 Å². The first kappa shape index (κ1) is 46.2. The number of hydrogen-bond acceptors (Lipinski definition) is 8. The van der Waals surface area contributed by atoms with Crippen LogP contribution in [0.3, 0.4) is 0 Å². The summed E-state index contributed by atoms with van der Waals surface area (Å²) in [6.07, 6.45) is 31.5. The topological polar surface area (TPSA) is 149 Å². The van der Waals surface area contributed by atoms with Crippen molar-refractivity contribution in [3.05, 3.63) is 48.6 Å². The molecule has 7 atom stereocenters. The summed E-state index contributed by atoms with van der Waals surface area (Å²) in [4.78, 5) is 12.9. The van der Waals surface area contributed by atoms with E-state index in [4.69, 9.17) is 9.47 Å². The predicted molar refractivity (Wildman–Crippen MR) is 203 cm³/mol. The Hall–Kier alpha value is -1.85. The van der Waals surface area contributed by atoms with Crippen molar-refractivity contribution in [1.29, 1.82) is 0 Å². The summed E-state index contributed by atoms with van der Waals surface area (Å²) in [5.41, 5.74) is 0. The van der Waals surface area contributed by atoms with Gasteiger partial charge in [0.1, 0.15) is 24.4 Å². The van der Waals surface area contributed by atoms with Gasteiger partial charge in [-0.25, -0.2) is 0 Å². The quantitative estimate of drug-likeness (QED) is 0.0330. The fraction of sp³-hybridized carbons (Fsp3) is 0.780. The molecule has 1 saturated heterocycles. The molecule has 7 unspecified atom stereocenters. The molecule has 1 heterocycles. The van der Waals surface area contributed by atoms with Crippen LogP contribution in [0.15, 0.2) is 48.6 Å². The Labute approximate surface area is 303 Å². The highest BCUT2D eigenvalue weighted by Gasteiger charge is 2.44. The lowest BCUT2D eigenvalue weighted by Gasteiger charge is -2.40. The molecule has 1 rings (SSSR count). The molecule has 0 spiro atoms. The largest absolute Gasteiger partial charge is 0.394 e. The lowest BCUT2D eigenvalue weighted by Crippen LogP contribution is -2.60. The van der Waals surface area contributed by atoms with Crippen LogP contribution in [0.2, 0.25) is 0 Å². The second-order valence-corrected chi connectivity index (χ2v) is 13.7. The minimum Gasteiger partial charge on any atom is -0.394 e. The van der Waals surface area contributed by atoms with Gasteiger partial charge in [-0.15, -0.1) is 0 Å². The molecule has 0 saturated carbocycles. The molecule has 0 aromatic rings. The molecule has 0 radical (unpaired) electrons. The minimum atomic E-state index is -1.57. The number of carbonyl (C=O) groups is 1. The second kappa shape index (κ2) is 31.9. The highest BCUT2D eigenvalue weighted by molar-refractivity contribution is 5.76. The van der Waals surface area contributed by atoms with Gasteiger partial charge in [0.05, 0.1) is 25.4 Å². The fourth-order valence-electron chi connectivity index (χ4n) is 5.85. The van der Waals surface area contributed by atoms with Gasteiger partial charge in [-0.05, 0) is 64.2 Å². The molecule has 1 aliphatic heterocycles. The average molecular weight is 708 g/mol. The summed E-state index contributed by atoms with van der Waals surface area (Å²) in [7, 11) is 0. The highest BCUT2D eigenvalue weighted by atomic mass is 16.7. The lowest BCUT2D eigenvalue weighted by atomic mass is 9.99. The maximum atomic E-state index is 12.9. The molecule has 0 bridgehead atoms. The Kier molecular flexibility index (Phi) is 29.4. The number of amides is 1. The van der Waals surface area contributed by atoms with E-state index >= 15 is 0 Å². The number of ether oxygens (including phenoxy) is 2. The Morgan fingerprint density at radius 2 is 1.20 bits per heavy atom. The molecular weight excluding hydrogens is 634 g/mol. The molecule has 6 N–H and O–H groups in total. The molecule has 50 heavy (non-hydrogen) atoms. The molecular formula is C41H73NO8. The van der Waals surface area contributed by atoms with Gasteiger partial charge in [0.15, 0.2) is 6.29 Å². The number of hydrogen-bond donors (Lipinski definition) is 6. The van der Waals surface area contributed by atoms with Crippen LogP contribution in [0.1, 0.15) is 149 Å². The third kappa shape index (κ3) is 22.9. The van der Waals surface area contributed by atoms with E-state index in [0.717, 1.165) is 57.8 Å². The van der Waals surface area contributed by atoms with Crippen LogP contribution in [-0.4, -0.2) is 87.5 Å². The second-order valence-electron chi connectivity index (χ2n) is 13.7. The normalized spacial score (nSPS) is 22.7. The van der Waals surface area contributed by atoms with E-state index in [1.165, 1.54) is 70.6 Å². The highest BCUT2D eigenvalue weighted by Crippen LogP contribution is 2.22. The van der Waals surface area contributed by atoms with Gasteiger partial charge in [-0.2, -0.15) is 0 Å². The minimum absolute atomic E-state index is 0.201. The van der Waals surface area contributed by atoms with Gasteiger partial charge in [0.25, 0.3) is 0 Å². The van der Waals surface area contributed by atoms with Crippen molar-refractivity contribution >= 4 is 5.91 Å². The van der Waals surface area contributed by atoms with E-state index in [9.17, 15) is 30.3 Å². The van der Waals surface area contributed by atoms with Crippen molar-refractivity contribution in [2.45, 2.75) is 192 Å². The molecule has 290 valence electrons. The van der Waals surface area contributed by atoms with E-state index in [1.54, 1.807) is 6.08 Å². The van der Waals surface area contributed by atoms with Crippen molar-refractivity contribution in [3.8, 4) is 0 Å². The van der Waals surface area contributed by atoms with Crippen molar-refractivity contribution in [1.82, 2.24) is 5.32 Å². The lowest BCUT2D eigenvalue weighted by molar-refractivity contribution is -0.302. The Balaban J connectivity index is 2.43. The molecule has 1 aliphatic rings. The van der Waals surface area contributed by atoms with Crippen molar-refractivity contribution in [3.63, 3.8) is 0 Å². The van der Waals surface area contributed by atoms with E-state index in [2.05, 4.69) is 55.6 Å². The molecule has 9 heteroatoms. The van der Waals surface area contributed by atoms with Gasteiger partial charge < -0.3 is 40.3 Å². The van der Waals surface area contributed by atoms with Crippen LogP contribution < -0.4 is 5.32 Å². The van der Waals surface area contributed by atoms with Gasteiger partial charge in [-0.3, -0.25) is 4.79 Å². The van der Waals surface area contributed by atoms with Crippen molar-refractivity contribution < 1.29 is 39.8 Å². The summed E-state index contributed by atoms with van der Waals surface area (Å²) in [6, 6.07) is -0.823. The van der Waals surface area contributed by atoms with Crippen molar-refractivity contribution in [2.75, 3.05) is 13.2 Å². The number of aliphatic hydroxyl groups excluding tert-OH is 5. The van der Waals surface area contributed by atoms with Crippen LogP contribution in [-0.2, 0) is 14.3 Å².